The predicted octanol–water partition coefficient (Wildman–Crippen LogP) is 1.12. The van der Waals surface area contributed by atoms with Gasteiger partial charge in [0.05, 0.1) is 0 Å². The highest BCUT2D eigenvalue weighted by Gasteiger charge is 2.36. The van der Waals surface area contributed by atoms with Gasteiger partial charge >= 0.3 is 6.03 Å². The summed E-state index contributed by atoms with van der Waals surface area (Å²) >= 11 is 0. The first-order chi connectivity index (χ1) is 5.97. The summed E-state index contributed by atoms with van der Waals surface area (Å²) < 4.78 is 0. The van der Waals surface area contributed by atoms with Crippen molar-refractivity contribution >= 4 is 11.9 Å². The number of carbonyl (C=O) groups is 2. The Morgan fingerprint density at radius 2 is 2.08 bits per heavy atom. The molecule has 1 rings (SSSR count). The fourth-order valence-electron chi connectivity index (χ4n) is 1.68. The van der Waals surface area contributed by atoms with E-state index in [0.29, 0.717) is 0 Å². The van der Waals surface area contributed by atoms with Crippen LogP contribution < -0.4 is 5.32 Å². The number of urea groups is 1. The van der Waals surface area contributed by atoms with Crippen LogP contribution in [-0.4, -0.2) is 28.9 Å². The third kappa shape index (κ3) is 1.99. The molecule has 0 spiro atoms. The summed E-state index contributed by atoms with van der Waals surface area (Å²) in [5.74, 6) is -0.200. The maximum absolute atomic E-state index is 11.3. The largest absolute Gasteiger partial charge is 0.325 e. The summed E-state index contributed by atoms with van der Waals surface area (Å²) in [4.78, 5) is 23.8. The van der Waals surface area contributed by atoms with Crippen molar-refractivity contribution in [2.75, 3.05) is 6.54 Å². The van der Waals surface area contributed by atoms with E-state index >= 15 is 0 Å². The highest BCUT2D eigenvalue weighted by molar-refractivity contribution is 6.02. The molecular weight excluding hydrogens is 168 g/mol. The van der Waals surface area contributed by atoms with E-state index in [1.54, 1.807) is 4.90 Å². The third-order valence-corrected chi connectivity index (χ3v) is 2.39. The number of nitrogens with one attached hydrogen (secondary N) is 1. The monoisotopic (exact) mass is 184 g/mol. The van der Waals surface area contributed by atoms with Gasteiger partial charge in [-0.3, -0.25) is 10.1 Å². The molecule has 0 atom stereocenters. The maximum Gasteiger partial charge on any atom is 0.325 e. The Balaban J connectivity index is 2.71. The summed E-state index contributed by atoms with van der Waals surface area (Å²) in [6.07, 6.45) is 1.92. The molecule has 74 valence electrons. The van der Waals surface area contributed by atoms with Crippen LogP contribution in [0.4, 0.5) is 4.79 Å². The summed E-state index contributed by atoms with van der Waals surface area (Å²) in [5, 5.41) is 2.28. The van der Waals surface area contributed by atoms with Gasteiger partial charge < -0.3 is 4.90 Å². The smallest absolute Gasteiger partial charge is 0.310 e. The lowest BCUT2D eigenvalue weighted by molar-refractivity contribution is -0.118. The molecule has 0 saturated carbocycles. The van der Waals surface area contributed by atoms with Crippen molar-refractivity contribution in [3.63, 3.8) is 0 Å². The van der Waals surface area contributed by atoms with Crippen molar-refractivity contribution in [1.29, 1.82) is 0 Å². The second-order valence-electron chi connectivity index (χ2n) is 4.00. The zero-order valence-corrected chi connectivity index (χ0v) is 8.39. The maximum atomic E-state index is 11.3. The molecular formula is C9H16N2O2. The Morgan fingerprint density at radius 1 is 1.46 bits per heavy atom. The van der Waals surface area contributed by atoms with E-state index in [1.165, 1.54) is 0 Å². The van der Waals surface area contributed by atoms with E-state index in [0.717, 1.165) is 12.8 Å². The average Bonchev–Trinajstić information content (AvgIpc) is 2.30. The van der Waals surface area contributed by atoms with Crippen molar-refractivity contribution in [2.24, 2.45) is 0 Å². The minimum absolute atomic E-state index is 0.200. The lowest BCUT2D eigenvalue weighted by Gasteiger charge is -2.33. The van der Waals surface area contributed by atoms with Crippen molar-refractivity contribution in [3.8, 4) is 0 Å². The molecule has 4 heteroatoms. The Hall–Kier alpha value is -1.06. The number of nitrogens with zero attached hydrogens (tertiary/aromatic N) is 1. The van der Waals surface area contributed by atoms with Gasteiger partial charge in [-0.15, -0.1) is 0 Å². The number of amides is 3. The third-order valence-electron chi connectivity index (χ3n) is 2.39. The SMILES string of the molecule is CCCC(C)(C)N1CC(=O)NC1=O. The second-order valence-corrected chi connectivity index (χ2v) is 4.00. The molecule has 0 bridgehead atoms. The number of imide groups is 1. The molecule has 1 fully saturated rings. The number of rotatable bonds is 3. The number of carbonyl (C=O) groups excluding carboxylic acids is 2. The Labute approximate surface area is 78.3 Å². The van der Waals surface area contributed by atoms with Crippen LogP contribution in [0.5, 0.6) is 0 Å². The highest BCUT2D eigenvalue weighted by atomic mass is 16.2. The van der Waals surface area contributed by atoms with Crippen molar-refractivity contribution in [3.05, 3.63) is 0 Å². The zero-order valence-electron chi connectivity index (χ0n) is 8.39. The van der Waals surface area contributed by atoms with Gasteiger partial charge in [0.15, 0.2) is 0 Å². The standard InChI is InChI=1S/C9H16N2O2/c1-4-5-9(2,3)11-6-7(12)10-8(11)13/h4-6H2,1-3H3,(H,10,12,13). The van der Waals surface area contributed by atoms with Gasteiger partial charge in [-0.2, -0.15) is 0 Å². The van der Waals surface area contributed by atoms with Gasteiger partial charge in [-0.1, -0.05) is 13.3 Å². The van der Waals surface area contributed by atoms with Crippen LogP contribution in [0, 0.1) is 0 Å². The lowest BCUT2D eigenvalue weighted by atomic mass is 9.97. The summed E-state index contributed by atoms with van der Waals surface area (Å²) in [7, 11) is 0. The minimum atomic E-state index is -0.261. The molecule has 0 aromatic heterocycles. The van der Waals surface area contributed by atoms with E-state index in [1.807, 2.05) is 13.8 Å². The molecule has 0 aromatic carbocycles. The molecule has 0 radical (unpaired) electrons. The van der Waals surface area contributed by atoms with Crippen LogP contribution in [0.2, 0.25) is 0 Å². The van der Waals surface area contributed by atoms with E-state index in [2.05, 4.69) is 12.2 Å². The van der Waals surface area contributed by atoms with E-state index in [-0.39, 0.29) is 24.0 Å². The number of hydrogen-bond acceptors (Lipinski definition) is 2. The van der Waals surface area contributed by atoms with Crippen LogP contribution in [0.3, 0.4) is 0 Å². The normalized spacial score (nSPS) is 17.9. The van der Waals surface area contributed by atoms with Crippen molar-refractivity contribution in [1.82, 2.24) is 10.2 Å². The van der Waals surface area contributed by atoms with Gasteiger partial charge in [0.1, 0.15) is 6.54 Å². The minimum Gasteiger partial charge on any atom is -0.310 e. The molecule has 1 N–H and O–H groups in total. The quantitative estimate of drug-likeness (QED) is 0.668. The van der Waals surface area contributed by atoms with Gasteiger partial charge in [-0.05, 0) is 20.3 Å². The van der Waals surface area contributed by atoms with Crippen LogP contribution in [0.1, 0.15) is 33.6 Å². The lowest BCUT2D eigenvalue weighted by Crippen LogP contribution is -2.45. The molecule has 1 saturated heterocycles. The van der Waals surface area contributed by atoms with Gasteiger partial charge in [0.2, 0.25) is 5.91 Å². The zero-order chi connectivity index (χ0) is 10.1. The summed E-state index contributed by atoms with van der Waals surface area (Å²) in [6.45, 7) is 6.23. The molecule has 13 heavy (non-hydrogen) atoms. The molecule has 0 unspecified atom stereocenters. The van der Waals surface area contributed by atoms with Gasteiger partial charge in [-0.25, -0.2) is 4.79 Å². The number of hydrogen-bond donors (Lipinski definition) is 1. The fourth-order valence-corrected chi connectivity index (χ4v) is 1.68. The fraction of sp³-hybridized carbons (Fsp3) is 0.778. The first-order valence-electron chi connectivity index (χ1n) is 4.59. The molecule has 1 aliphatic heterocycles. The molecule has 3 amide bonds. The Morgan fingerprint density at radius 3 is 2.46 bits per heavy atom. The Kier molecular flexibility index (Phi) is 2.59. The molecule has 0 aliphatic carbocycles. The second kappa shape index (κ2) is 3.36. The Bertz CT molecular complexity index is 236. The van der Waals surface area contributed by atoms with Crippen LogP contribution in [0.15, 0.2) is 0 Å². The molecule has 1 heterocycles. The first-order valence-corrected chi connectivity index (χ1v) is 4.59. The van der Waals surface area contributed by atoms with E-state index < -0.39 is 0 Å². The molecule has 4 nitrogen and oxygen atoms in total. The first kappa shape index (κ1) is 10.0. The van der Waals surface area contributed by atoms with Crippen LogP contribution in [0.25, 0.3) is 0 Å². The topological polar surface area (TPSA) is 49.4 Å². The van der Waals surface area contributed by atoms with Crippen LogP contribution in [-0.2, 0) is 4.79 Å². The molecule has 1 aliphatic rings. The van der Waals surface area contributed by atoms with E-state index in [9.17, 15) is 9.59 Å². The van der Waals surface area contributed by atoms with E-state index in [4.69, 9.17) is 0 Å². The molecule has 0 aromatic rings. The van der Waals surface area contributed by atoms with Crippen molar-refractivity contribution < 1.29 is 9.59 Å². The predicted molar refractivity (Wildman–Crippen MR) is 49.2 cm³/mol. The average molecular weight is 184 g/mol. The van der Waals surface area contributed by atoms with Crippen molar-refractivity contribution in [2.45, 2.75) is 39.2 Å². The van der Waals surface area contributed by atoms with Gasteiger partial charge in [0.25, 0.3) is 0 Å². The highest BCUT2D eigenvalue weighted by Crippen LogP contribution is 2.22. The van der Waals surface area contributed by atoms with Crippen LogP contribution >= 0.6 is 0 Å². The summed E-state index contributed by atoms with van der Waals surface area (Å²) in [6, 6.07) is -0.261. The van der Waals surface area contributed by atoms with Gasteiger partial charge in [0, 0.05) is 5.54 Å². The summed E-state index contributed by atoms with van der Waals surface area (Å²) in [5.41, 5.74) is -0.217.